The summed E-state index contributed by atoms with van der Waals surface area (Å²) in [5.41, 5.74) is 3.47. The van der Waals surface area contributed by atoms with E-state index >= 15 is 0 Å². The smallest absolute Gasteiger partial charge is 0.319 e. The maximum atomic E-state index is 13.6. The molecule has 0 spiro atoms. The predicted octanol–water partition coefficient (Wildman–Crippen LogP) is 5.48. The average Bonchev–Trinajstić information content (AvgIpc) is 3.16. The lowest BCUT2D eigenvalue weighted by molar-refractivity contribution is 0.0816. The van der Waals surface area contributed by atoms with Crippen LogP contribution < -0.4 is 10.6 Å². The van der Waals surface area contributed by atoms with Gasteiger partial charge in [0, 0.05) is 38.6 Å². The summed E-state index contributed by atoms with van der Waals surface area (Å²) in [5, 5.41) is 6.45. The van der Waals surface area contributed by atoms with Crippen LogP contribution in [0.3, 0.4) is 0 Å². The van der Waals surface area contributed by atoms with Gasteiger partial charge in [0.2, 0.25) is 0 Å². The predicted molar refractivity (Wildman–Crippen MR) is 117 cm³/mol. The maximum absolute atomic E-state index is 13.6. The first kappa shape index (κ1) is 19.9. The van der Waals surface area contributed by atoms with Crippen LogP contribution in [0.1, 0.15) is 50.0 Å². The molecule has 3 aromatic rings. The minimum atomic E-state index is -0.404. The van der Waals surface area contributed by atoms with Crippen molar-refractivity contribution in [2.45, 2.75) is 33.4 Å². The summed E-state index contributed by atoms with van der Waals surface area (Å²) in [6, 6.07) is 8.91. The lowest BCUT2D eigenvalue weighted by atomic mass is 9.98. The van der Waals surface area contributed by atoms with Crippen molar-refractivity contribution in [2.24, 2.45) is 5.92 Å². The Morgan fingerprint density at radius 1 is 1.23 bits per heavy atom. The molecule has 0 saturated carbocycles. The lowest BCUT2D eigenvalue weighted by Crippen LogP contribution is -2.35. The summed E-state index contributed by atoms with van der Waals surface area (Å²) < 4.78 is 19.6. The molecule has 1 aliphatic heterocycles. The molecule has 0 aliphatic carbocycles. The van der Waals surface area contributed by atoms with E-state index in [4.69, 9.17) is 4.42 Å². The van der Waals surface area contributed by atoms with Crippen molar-refractivity contribution in [1.82, 2.24) is 10.2 Å². The largest absolute Gasteiger partial charge is 0.459 e. The second-order valence-electron chi connectivity index (χ2n) is 8.09. The third-order valence-corrected chi connectivity index (χ3v) is 5.52. The highest BCUT2D eigenvalue weighted by molar-refractivity contribution is 6.00. The Bertz CT molecular complexity index is 1160. The van der Waals surface area contributed by atoms with Gasteiger partial charge in [-0.15, -0.1) is 0 Å². The molecule has 0 unspecified atom stereocenters. The Hall–Kier alpha value is -3.35. The average molecular weight is 413 g/mol. The molecule has 7 heteroatoms. The van der Waals surface area contributed by atoms with Gasteiger partial charge in [0.05, 0.1) is 6.04 Å². The van der Waals surface area contributed by atoms with E-state index in [0.717, 1.165) is 11.1 Å². The second kappa shape index (κ2) is 7.48. The Morgan fingerprint density at radius 3 is 2.73 bits per heavy atom. The number of benzene rings is 2. The number of hydrogen-bond donors (Lipinski definition) is 2. The van der Waals surface area contributed by atoms with Gasteiger partial charge in [0.25, 0.3) is 5.91 Å². The van der Waals surface area contributed by atoms with Crippen LogP contribution in [0.25, 0.3) is 11.0 Å². The van der Waals surface area contributed by atoms with Crippen LogP contribution >= 0.6 is 0 Å². The normalized spacial score (nSPS) is 14.3. The molecular weight excluding hydrogens is 385 g/mol. The zero-order chi connectivity index (χ0) is 21.6. The molecule has 2 N–H and O–H groups in total. The highest BCUT2D eigenvalue weighted by Gasteiger charge is 2.27. The van der Waals surface area contributed by atoms with Crippen LogP contribution in [0.2, 0.25) is 0 Å². The number of fused-ring (bicyclic) bond motifs is 2. The number of anilines is 1. The summed E-state index contributed by atoms with van der Waals surface area (Å²) in [5.74, 6) is 0.252. The number of urea groups is 1. The van der Waals surface area contributed by atoms with E-state index in [1.807, 2.05) is 26.8 Å². The van der Waals surface area contributed by atoms with Crippen molar-refractivity contribution in [1.29, 1.82) is 0 Å². The third-order valence-electron chi connectivity index (χ3n) is 5.52. The quantitative estimate of drug-likeness (QED) is 0.595. The molecule has 1 aliphatic rings. The summed E-state index contributed by atoms with van der Waals surface area (Å²) in [6.45, 7) is 6.38. The van der Waals surface area contributed by atoms with Crippen molar-refractivity contribution < 1.29 is 21.2 Å². The highest BCUT2D eigenvalue weighted by Crippen LogP contribution is 2.33. The SMILES string of the molecule is Cc1c([C@H](NC(=O)Nc2ccc3c(c2)C(=O)N(C)C3)C(C)C)oc2ccc(F)cc12.[HH].[HH]. The highest BCUT2D eigenvalue weighted by atomic mass is 19.1. The van der Waals surface area contributed by atoms with Crippen LogP contribution in [0, 0.1) is 18.7 Å². The molecule has 1 aromatic heterocycles. The van der Waals surface area contributed by atoms with E-state index in [0.29, 0.717) is 34.5 Å². The van der Waals surface area contributed by atoms with Gasteiger partial charge in [-0.25, -0.2) is 9.18 Å². The molecule has 3 amide bonds. The molecule has 2 heterocycles. The van der Waals surface area contributed by atoms with Crippen LogP contribution in [-0.2, 0) is 6.54 Å². The second-order valence-corrected chi connectivity index (χ2v) is 8.09. The van der Waals surface area contributed by atoms with Crippen molar-refractivity contribution in [3.05, 3.63) is 64.7 Å². The van der Waals surface area contributed by atoms with E-state index in [2.05, 4.69) is 10.6 Å². The fourth-order valence-electron chi connectivity index (χ4n) is 3.88. The number of rotatable bonds is 4. The Labute approximate surface area is 177 Å². The first-order valence-corrected chi connectivity index (χ1v) is 9.89. The number of furan rings is 1. The van der Waals surface area contributed by atoms with Crippen LogP contribution in [-0.4, -0.2) is 23.9 Å². The van der Waals surface area contributed by atoms with Gasteiger partial charge in [-0.1, -0.05) is 19.9 Å². The van der Waals surface area contributed by atoms with E-state index in [-0.39, 0.29) is 20.5 Å². The minimum absolute atomic E-state index is 0. The molecule has 30 heavy (non-hydrogen) atoms. The summed E-state index contributed by atoms with van der Waals surface area (Å²) in [7, 11) is 1.75. The number of carbonyl (C=O) groups is 2. The fourth-order valence-corrected chi connectivity index (χ4v) is 3.88. The van der Waals surface area contributed by atoms with Crippen molar-refractivity contribution >= 4 is 28.6 Å². The molecular formula is C23H28FN3O3. The summed E-state index contributed by atoms with van der Waals surface area (Å²) >= 11 is 0. The van der Waals surface area contributed by atoms with Crippen molar-refractivity contribution in [3.63, 3.8) is 0 Å². The molecule has 0 bridgehead atoms. The number of aryl methyl sites for hydroxylation is 1. The van der Waals surface area contributed by atoms with Gasteiger partial charge >= 0.3 is 6.03 Å². The van der Waals surface area contributed by atoms with Gasteiger partial charge in [0.15, 0.2) is 0 Å². The lowest BCUT2D eigenvalue weighted by Gasteiger charge is -2.21. The van der Waals surface area contributed by atoms with E-state index in [1.165, 1.54) is 12.1 Å². The number of halogens is 1. The number of amides is 3. The Morgan fingerprint density at radius 2 is 2.00 bits per heavy atom. The maximum Gasteiger partial charge on any atom is 0.319 e. The molecule has 1 atom stereocenters. The van der Waals surface area contributed by atoms with Gasteiger partial charge in [-0.3, -0.25) is 4.79 Å². The van der Waals surface area contributed by atoms with Gasteiger partial charge < -0.3 is 20.0 Å². The summed E-state index contributed by atoms with van der Waals surface area (Å²) in [6.07, 6.45) is 0. The zero-order valence-electron chi connectivity index (χ0n) is 17.4. The van der Waals surface area contributed by atoms with E-state index in [9.17, 15) is 14.0 Å². The molecule has 4 rings (SSSR count). The molecule has 0 saturated heterocycles. The Balaban J connectivity index is 0.00000181. The molecule has 0 fully saturated rings. The van der Waals surface area contributed by atoms with Crippen molar-refractivity contribution in [2.75, 3.05) is 12.4 Å². The van der Waals surface area contributed by atoms with Crippen LogP contribution in [0.4, 0.5) is 14.9 Å². The molecule has 6 nitrogen and oxygen atoms in total. The van der Waals surface area contributed by atoms with E-state index < -0.39 is 12.1 Å². The van der Waals surface area contributed by atoms with E-state index in [1.54, 1.807) is 30.1 Å². The number of nitrogens with one attached hydrogen (secondary N) is 2. The van der Waals surface area contributed by atoms with Gasteiger partial charge in [-0.2, -0.15) is 0 Å². The Kier molecular flexibility index (Phi) is 4.97. The summed E-state index contributed by atoms with van der Waals surface area (Å²) in [4.78, 5) is 26.5. The first-order chi connectivity index (χ1) is 14.2. The number of hydrogen-bond acceptors (Lipinski definition) is 3. The number of carbonyl (C=O) groups excluding carboxylic acids is 2. The zero-order valence-corrected chi connectivity index (χ0v) is 17.4. The standard InChI is InChI=1S/C23H24FN3O3.2H2/c1-12(2)20(21-13(3)17-9-15(24)6-8-19(17)30-21)26-23(29)25-16-7-5-14-11-27(4)22(28)18(14)10-16;;/h5-10,12,20H,11H2,1-4H3,(H2,25,26,29);2*1H/t20-;;/m1../s1. The van der Waals surface area contributed by atoms with Crippen molar-refractivity contribution in [3.8, 4) is 0 Å². The van der Waals surface area contributed by atoms with Gasteiger partial charge in [-0.05, 0) is 48.7 Å². The minimum Gasteiger partial charge on any atom is -0.459 e. The topological polar surface area (TPSA) is 74.6 Å². The fraction of sp³-hybridized carbons (Fsp3) is 0.304. The molecule has 160 valence electrons. The third kappa shape index (κ3) is 3.51. The molecule has 0 radical (unpaired) electrons. The van der Waals surface area contributed by atoms with Crippen LogP contribution in [0.5, 0.6) is 0 Å². The monoisotopic (exact) mass is 413 g/mol. The first-order valence-electron chi connectivity index (χ1n) is 9.89. The van der Waals surface area contributed by atoms with Gasteiger partial charge in [0.1, 0.15) is 17.2 Å². The number of nitrogens with zero attached hydrogens (tertiary/aromatic N) is 1. The van der Waals surface area contributed by atoms with Crippen LogP contribution in [0.15, 0.2) is 40.8 Å². The molecule has 2 aromatic carbocycles.